The number of phenols is 2. The Kier molecular flexibility index (Phi) is 7.26. The summed E-state index contributed by atoms with van der Waals surface area (Å²) in [7, 11) is 0. The van der Waals surface area contributed by atoms with Crippen LogP contribution < -0.4 is 20.9 Å². The van der Waals surface area contributed by atoms with Crippen LogP contribution in [-0.4, -0.2) is 10.2 Å². The van der Waals surface area contributed by atoms with Gasteiger partial charge < -0.3 is 31.2 Å². The highest BCUT2D eigenvalue weighted by molar-refractivity contribution is 6.11. The average Bonchev–Trinajstić information content (AvgIpc) is 3.07. The predicted octanol–water partition coefficient (Wildman–Crippen LogP) is 9.22. The van der Waals surface area contributed by atoms with E-state index >= 15 is 0 Å². The molecule has 0 saturated heterocycles. The third-order valence-corrected chi connectivity index (χ3v) is 7.74. The Labute approximate surface area is 265 Å². The standard InChI is InChI=1S/C40H28N2O4/c41-33-19-16-28(23-35(33)43)45-37-21-15-27-9-4-5-11-31(27)39(37)40-32-12-6-10-26(14-13-25-7-2-1-3-8-25)30(32)18-22-38(40)46-29-17-20-34(42)36(44)24-29/h1-12,15-24,43-44H,41-42H2. The number of aromatic hydroxyl groups is 2. The molecule has 6 heteroatoms. The first-order chi connectivity index (χ1) is 22.4. The van der Waals surface area contributed by atoms with Crippen LogP contribution >= 0.6 is 0 Å². The molecule has 0 aliphatic rings. The second-order valence-corrected chi connectivity index (χ2v) is 10.8. The molecule has 6 N–H and O–H groups in total. The third kappa shape index (κ3) is 5.45. The fourth-order valence-electron chi connectivity index (χ4n) is 5.47. The molecule has 0 spiro atoms. The molecule has 0 aliphatic heterocycles. The van der Waals surface area contributed by atoms with Gasteiger partial charge >= 0.3 is 0 Å². The Hall–Kier alpha value is -6.58. The summed E-state index contributed by atoms with van der Waals surface area (Å²) in [6, 6.07) is 41.3. The van der Waals surface area contributed by atoms with E-state index in [9.17, 15) is 10.2 Å². The van der Waals surface area contributed by atoms with Crippen LogP contribution in [0.1, 0.15) is 11.1 Å². The Morgan fingerprint density at radius 2 is 1.07 bits per heavy atom. The molecule has 7 rings (SSSR count). The molecule has 0 saturated carbocycles. The summed E-state index contributed by atoms with van der Waals surface area (Å²) in [5.74, 6) is 8.41. The molecule has 0 atom stereocenters. The lowest BCUT2D eigenvalue weighted by molar-refractivity contribution is 0.454. The summed E-state index contributed by atoms with van der Waals surface area (Å²) < 4.78 is 13.0. The zero-order chi connectivity index (χ0) is 31.6. The Morgan fingerprint density at radius 3 is 1.74 bits per heavy atom. The van der Waals surface area contributed by atoms with Crippen molar-refractivity contribution in [3.05, 3.63) is 145 Å². The normalized spacial score (nSPS) is 10.8. The average molecular weight is 601 g/mol. The largest absolute Gasteiger partial charge is 0.506 e. The van der Waals surface area contributed by atoms with Gasteiger partial charge in [0.25, 0.3) is 0 Å². The minimum absolute atomic E-state index is 0.0705. The fraction of sp³-hybridized carbons (Fsp3) is 0. The highest BCUT2D eigenvalue weighted by Crippen LogP contribution is 2.48. The van der Waals surface area contributed by atoms with Gasteiger partial charge in [-0.1, -0.05) is 72.5 Å². The van der Waals surface area contributed by atoms with Crippen LogP contribution in [0.4, 0.5) is 11.4 Å². The molecule has 46 heavy (non-hydrogen) atoms. The number of nitrogens with two attached hydrogens (primary N) is 2. The quantitative estimate of drug-likeness (QED) is 0.0890. The third-order valence-electron chi connectivity index (χ3n) is 7.74. The van der Waals surface area contributed by atoms with E-state index in [0.29, 0.717) is 23.0 Å². The van der Waals surface area contributed by atoms with Crippen molar-refractivity contribution in [1.82, 2.24) is 0 Å². The molecule has 0 fully saturated rings. The summed E-state index contributed by atoms with van der Waals surface area (Å²) in [6.07, 6.45) is 0. The smallest absolute Gasteiger partial charge is 0.142 e. The Morgan fingerprint density at radius 1 is 0.478 bits per heavy atom. The van der Waals surface area contributed by atoms with E-state index in [4.69, 9.17) is 20.9 Å². The van der Waals surface area contributed by atoms with Crippen molar-refractivity contribution in [3.8, 4) is 57.5 Å². The molecule has 0 amide bonds. The lowest BCUT2D eigenvalue weighted by atomic mass is 9.91. The van der Waals surface area contributed by atoms with Gasteiger partial charge in [-0.3, -0.25) is 0 Å². The van der Waals surface area contributed by atoms with Crippen molar-refractivity contribution < 1.29 is 19.7 Å². The van der Waals surface area contributed by atoms with E-state index in [0.717, 1.165) is 43.8 Å². The van der Waals surface area contributed by atoms with Crippen molar-refractivity contribution in [3.63, 3.8) is 0 Å². The van der Waals surface area contributed by atoms with Gasteiger partial charge in [-0.2, -0.15) is 0 Å². The van der Waals surface area contributed by atoms with Gasteiger partial charge in [0.05, 0.1) is 11.4 Å². The number of benzene rings is 7. The summed E-state index contributed by atoms with van der Waals surface area (Å²) in [5, 5.41) is 24.4. The van der Waals surface area contributed by atoms with Crippen molar-refractivity contribution >= 4 is 32.9 Å². The number of hydrogen-bond donors (Lipinski definition) is 4. The first-order valence-electron chi connectivity index (χ1n) is 14.6. The predicted molar refractivity (Wildman–Crippen MR) is 184 cm³/mol. The van der Waals surface area contributed by atoms with Gasteiger partial charge in [0.1, 0.15) is 34.5 Å². The first kappa shape index (κ1) is 28.2. The van der Waals surface area contributed by atoms with E-state index in [1.807, 2.05) is 97.1 Å². The molecule has 0 aliphatic carbocycles. The van der Waals surface area contributed by atoms with Crippen LogP contribution in [0.5, 0.6) is 34.5 Å². The number of phenolic OH excluding ortho intramolecular Hbond substituents is 2. The Bertz CT molecular complexity index is 2320. The monoisotopic (exact) mass is 600 g/mol. The molecule has 222 valence electrons. The van der Waals surface area contributed by atoms with Crippen LogP contribution in [0.2, 0.25) is 0 Å². The van der Waals surface area contributed by atoms with Crippen LogP contribution in [0.25, 0.3) is 32.7 Å². The highest BCUT2D eigenvalue weighted by Gasteiger charge is 2.21. The fourth-order valence-corrected chi connectivity index (χ4v) is 5.47. The minimum atomic E-state index is -0.0735. The maximum Gasteiger partial charge on any atom is 0.142 e. The second kappa shape index (κ2) is 11.8. The van der Waals surface area contributed by atoms with Gasteiger partial charge in [-0.05, 0) is 82.2 Å². The molecule has 7 aromatic rings. The van der Waals surface area contributed by atoms with Crippen molar-refractivity contribution in [1.29, 1.82) is 0 Å². The van der Waals surface area contributed by atoms with E-state index in [-0.39, 0.29) is 22.9 Å². The summed E-state index contributed by atoms with van der Waals surface area (Å²) >= 11 is 0. The minimum Gasteiger partial charge on any atom is -0.506 e. The summed E-state index contributed by atoms with van der Waals surface area (Å²) in [5.41, 5.74) is 15.6. The van der Waals surface area contributed by atoms with Gasteiger partial charge in [0, 0.05) is 34.4 Å². The van der Waals surface area contributed by atoms with Gasteiger partial charge in [0.2, 0.25) is 0 Å². The topological polar surface area (TPSA) is 111 Å². The number of fused-ring (bicyclic) bond motifs is 2. The number of anilines is 2. The molecular weight excluding hydrogens is 572 g/mol. The van der Waals surface area contributed by atoms with Crippen LogP contribution in [0.3, 0.4) is 0 Å². The van der Waals surface area contributed by atoms with Crippen molar-refractivity contribution in [2.75, 3.05) is 11.5 Å². The van der Waals surface area contributed by atoms with E-state index in [2.05, 4.69) is 11.8 Å². The summed E-state index contributed by atoms with van der Waals surface area (Å²) in [6.45, 7) is 0. The first-order valence-corrected chi connectivity index (χ1v) is 14.6. The molecule has 6 nitrogen and oxygen atoms in total. The van der Waals surface area contributed by atoms with Gasteiger partial charge in [0.15, 0.2) is 0 Å². The summed E-state index contributed by atoms with van der Waals surface area (Å²) in [4.78, 5) is 0. The number of hydrogen-bond acceptors (Lipinski definition) is 6. The molecule has 0 radical (unpaired) electrons. The molecule has 7 aromatic carbocycles. The van der Waals surface area contributed by atoms with Crippen LogP contribution in [0.15, 0.2) is 133 Å². The second-order valence-electron chi connectivity index (χ2n) is 10.8. The molecule has 0 bridgehead atoms. The maximum absolute atomic E-state index is 10.3. The molecule has 0 heterocycles. The van der Waals surface area contributed by atoms with E-state index in [1.165, 1.54) is 12.1 Å². The molecule has 0 aromatic heterocycles. The van der Waals surface area contributed by atoms with Gasteiger partial charge in [-0.15, -0.1) is 0 Å². The Balaban J connectivity index is 1.50. The zero-order valence-corrected chi connectivity index (χ0v) is 24.6. The van der Waals surface area contributed by atoms with Crippen LogP contribution in [-0.2, 0) is 0 Å². The molecular formula is C40H28N2O4. The van der Waals surface area contributed by atoms with Crippen molar-refractivity contribution in [2.45, 2.75) is 0 Å². The SMILES string of the molecule is Nc1ccc(Oc2ccc3ccccc3c2-c2c(Oc3ccc(N)c(O)c3)ccc3c(C#Cc4ccccc4)cccc23)cc1O. The molecule has 0 unspecified atom stereocenters. The van der Waals surface area contributed by atoms with Crippen LogP contribution in [0, 0.1) is 11.8 Å². The highest BCUT2D eigenvalue weighted by atomic mass is 16.5. The lowest BCUT2D eigenvalue weighted by Gasteiger charge is -2.20. The number of nitrogen functional groups attached to an aromatic ring is 2. The van der Waals surface area contributed by atoms with E-state index < -0.39 is 0 Å². The zero-order valence-electron chi connectivity index (χ0n) is 24.6. The van der Waals surface area contributed by atoms with E-state index in [1.54, 1.807) is 24.3 Å². The maximum atomic E-state index is 10.3. The number of ether oxygens (including phenoxy) is 2. The number of rotatable bonds is 5. The lowest BCUT2D eigenvalue weighted by Crippen LogP contribution is -1.96. The van der Waals surface area contributed by atoms with Crippen molar-refractivity contribution in [2.24, 2.45) is 0 Å². The van der Waals surface area contributed by atoms with Gasteiger partial charge in [-0.25, -0.2) is 0 Å².